The van der Waals surface area contributed by atoms with Crippen molar-refractivity contribution in [2.24, 2.45) is 0 Å². The third-order valence-electron chi connectivity index (χ3n) is 9.97. The third-order valence-corrected chi connectivity index (χ3v) is 9.97. The van der Waals surface area contributed by atoms with Crippen LogP contribution in [-0.4, -0.2) is 29.1 Å². The highest BCUT2D eigenvalue weighted by atomic mass is 15.0. The lowest BCUT2D eigenvalue weighted by molar-refractivity contribution is 1.13. The molecule has 8 heteroatoms. The van der Waals surface area contributed by atoms with E-state index in [-0.39, 0.29) is 0 Å². The molecule has 54 heavy (non-hydrogen) atoms. The second-order valence-corrected chi connectivity index (χ2v) is 13.0. The normalized spacial score (nSPS) is 11.3. The minimum Gasteiger partial charge on any atom is -0.308 e. The molecule has 250 valence electrons. The molecule has 0 radical (unpaired) electrons. The molecule has 0 spiro atoms. The van der Waals surface area contributed by atoms with E-state index < -0.39 is 0 Å². The molecule has 4 heterocycles. The molecule has 0 N–H and O–H groups in total. The first-order valence-corrected chi connectivity index (χ1v) is 17.4. The number of nitriles is 1. The molecule has 0 amide bonds. The van der Waals surface area contributed by atoms with Crippen LogP contribution in [0.5, 0.6) is 0 Å². The second-order valence-electron chi connectivity index (χ2n) is 13.0. The van der Waals surface area contributed by atoms with Crippen molar-refractivity contribution in [3.05, 3.63) is 175 Å². The topological polar surface area (TPSA) is 89.6 Å². The summed E-state index contributed by atoms with van der Waals surface area (Å²) in [6.45, 7) is 7.94. The van der Waals surface area contributed by atoms with E-state index in [4.69, 9.17) is 6.57 Å². The van der Waals surface area contributed by atoms with Crippen LogP contribution in [0, 0.1) is 17.9 Å². The number of para-hydroxylation sites is 2. The van der Waals surface area contributed by atoms with Gasteiger partial charge in [0, 0.05) is 63.0 Å². The van der Waals surface area contributed by atoms with Crippen LogP contribution in [0.15, 0.2) is 158 Å². The Kier molecular flexibility index (Phi) is 7.07. The van der Waals surface area contributed by atoms with E-state index in [1.807, 2.05) is 72.8 Å². The molecule has 0 saturated carbocycles. The van der Waals surface area contributed by atoms with Crippen LogP contribution in [0.25, 0.3) is 93.7 Å². The van der Waals surface area contributed by atoms with Gasteiger partial charge in [-0.1, -0.05) is 78.9 Å². The van der Waals surface area contributed by atoms with Gasteiger partial charge in [0.2, 0.25) is 0 Å². The van der Waals surface area contributed by atoms with Crippen molar-refractivity contribution in [3.8, 4) is 51.3 Å². The Morgan fingerprint density at radius 1 is 0.481 bits per heavy atom. The Balaban J connectivity index is 1.38. The van der Waals surface area contributed by atoms with Gasteiger partial charge in [-0.05, 0) is 60.2 Å². The van der Waals surface area contributed by atoms with Crippen molar-refractivity contribution >= 4 is 49.3 Å². The monoisotopic (exact) mass is 690 g/mol. The first-order valence-electron chi connectivity index (χ1n) is 17.4. The molecule has 0 unspecified atom stereocenters. The fraction of sp³-hybridized carbons (Fsp3) is 0. The number of aromatic nitrogens is 6. The molecule has 0 bridgehead atoms. The van der Waals surface area contributed by atoms with Gasteiger partial charge in [-0.25, -0.2) is 24.8 Å². The average molecular weight is 691 g/mol. The number of hydrogen-bond acceptors (Lipinski definition) is 5. The highest BCUT2D eigenvalue weighted by Crippen LogP contribution is 2.44. The predicted molar refractivity (Wildman–Crippen MR) is 214 cm³/mol. The summed E-state index contributed by atoms with van der Waals surface area (Å²) < 4.78 is 4.47. The highest BCUT2D eigenvalue weighted by Gasteiger charge is 2.24. The molecule has 10 rings (SSSR count). The summed E-state index contributed by atoms with van der Waals surface area (Å²) in [5.41, 5.74) is 9.92. The number of hydrogen-bond donors (Lipinski definition) is 0. The molecule has 0 fully saturated rings. The van der Waals surface area contributed by atoms with Crippen molar-refractivity contribution in [1.29, 1.82) is 5.26 Å². The van der Waals surface area contributed by atoms with Crippen LogP contribution in [0.1, 0.15) is 5.56 Å². The maximum Gasteiger partial charge on any atom is 0.187 e. The molecule has 0 aliphatic carbocycles. The number of nitrogens with zero attached hydrogens (tertiary/aromatic N) is 8. The fourth-order valence-electron chi connectivity index (χ4n) is 7.69. The molecule has 6 aromatic carbocycles. The molecule has 0 aliphatic heterocycles. The number of rotatable bonds is 5. The average Bonchev–Trinajstić information content (AvgIpc) is 3.76. The summed E-state index contributed by atoms with van der Waals surface area (Å²) >= 11 is 0. The Hall–Kier alpha value is -7.94. The van der Waals surface area contributed by atoms with Gasteiger partial charge in [0.15, 0.2) is 17.3 Å². The predicted octanol–water partition coefficient (Wildman–Crippen LogP) is 10.9. The van der Waals surface area contributed by atoms with E-state index >= 15 is 0 Å². The summed E-state index contributed by atoms with van der Waals surface area (Å²) in [7, 11) is 0. The lowest BCUT2D eigenvalue weighted by atomic mass is 9.97. The molecular weight excluding hydrogens is 665 g/mol. The van der Waals surface area contributed by atoms with E-state index in [0.29, 0.717) is 22.9 Å². The zero-order chi connectivity index (χ0) is 36.2. The van der Waals surface area contributed by atoms with Crippen molar-refractivity contribution < 1.29 is 0 Å². The largest absolute Gasteiger partial charge is 0.308 e. The number of fused-ring (bicyclic) bond motifs is 6. The Labute approximate surface area is 309 Å². The molecule has 0 aliphatic rings. The highest BCUT2D eigenvalue weighted by molar-refractivity contribution is 6.13. The van der Waals surface area contributed by atoms with Crippen LogP contribution in [0.4, 0.5) is 5.69 Å². The van der Waals surface area contributed by atoms with E-state index in [9.17, 15) is 5.26 Å². The fourth-order valence-corrected chi connectivity index (χ4v) is 7.69. The molecule has 4 aromatic heterocycles. The van der Waals surface area contributed by atoms with Gasteiger partial charge in [-0.15, -0.1) is 0 Å². The molecule has 8 nitrogen and oxygen atoms in total. The van der Waals surface area contributed by atoms with E-state index in [1.165, 1.54) is 0 Å². The maximum atomic E-state index is 10.7. The Bertz CT molecular complexity index is 3000. The van der Waals surface area contributed by atoms with E-state index in [0.717, 1.165) is 77.2 Å². The molecule has 0 atom stereocenters. The van der Waals surface area contributed by atoms with Crippen molar-refractivity contribution in [3.63, 3.8) is 0 Å². The third kappa shape index (κ3) is 4.83. The summed E-state index contributed by atoms with van der Waals surface area (Å²) in [5, 5.41) is 15.0. The Morgan fingerprint density at radius 3 is 1.48 bits per heavy atom. The molecule has 0 saturated heterocycles. The minimum absolute atomic E-state index is 0.493. The zero-order valence-electron chi connectivity index (χ0n) is 28.6. The standard InChI is InChI=1S/C46H26N8/c1-48-33-10-6-9-30(25-33)44-42(53-38-13-4-2-11-34(38)36-17-15-31(26-40(36)53)45-49-19-7-20-50-45)23-29(28-47)24-43(44)54-39-14-5-3-12-35(39)37-18-16-32(27-41(37)54)46-51-21-8-22-52-46/h2-27H. The quantitative estimate of drug-likeness (QED) is 0.168. The lowest BCUT2D eigenvalue weighted by Crippen LogP contribution is -2.05. The van der Waals surface area contributed by atoms with Gasteiger partial charge in [0.1, 0.15) is 0 Å². The van der Waals surface area contributed by atoms with Crippen LogP contribution in [0.2, 0.25) is 0 Å². The van der Waals surface area contributed by atoms with Gasteiger partial charge in [-0.2, -0.15) is 5.26 Å². The van der Waals surface area contributed by atoms with Gasteiger partial charge in [0.05, 0.1) is 51.6 Å². The van der Waals surface area contributed by atoms with Gasteiger partial charge < -0.3 is 9.13 Å². The lowest BCUT2D eigenvalue weighted by Gasteiger charge is -2.21. The summed E-state index contributed by atoms with van der Waals surface area (Å²) in [5.74, 6) is 1.24. The number of benzene rings is 6. The van der Waals surface area contributed by atoms with Crippen LogP contribution in [0.3, 0.4) is 0 Å². The molecule has 10 aromatic rings. The second kappa shape index (κ2) is 12.4. The smallest absolute Gasteiger partial charge is 0.187 e. The van der Waals surface area contributed by atoms with Crippen LogP contribution >= 0.6 is 0 Å². The van der Waals surface area contributed by atoms with Crippen LogP contribution < -0.4 is 0 Å². The first-order chi connectivity index (χ1) is 26.7. The first kappa shape index (κ1) is 30.8. The van der Waals surface area contributed by atoms with E-state index in [1.54, 1.807) is 24.8 Å². The van der Waals surface area contributed by atoms with Gasteiger partial charge in [-0.3, -0.25) is 0 Å². The maximum absolute atomic E-state index is 10.7. The zero-order valence-corrected chi connectivity index (χ0v) is 28.6. The van der Waals surface area contributed by atoms with Crippen molar-refractivity contribution in [2.45, 2.75) is 0 Å². The summed E-state index contributed by atoms with van der Waals surface area (Å²) in [6, 6.07) is 46.9. The van der Waals surface area contributed by atoms with Crippen molar-refractivity contribution in [2.75, 3.05) is 0 Å². The SMILES string of the molecule is [C-]#[N+]c1cccc(-c2c(-n3c4ccccc4c4ccc(-c5ncccn5)cc43)cc(C#N)cc2-n2c3ccccc3c3ccc(-c4ncccn4)cc32)c1. The van der Waals surface area contributed by atoms with Crippen LogP contribution in [-0.2, 0) is 0 Å². The minimum atomic E-state index is 0.493. The van der Waals surface area contributed by atoms with Gasteiger partial charge in [0.25, 0.3) is 0 Å². The Morgan fingerprint density at radius 2 is 0.981 bits per heavy atom. The van der Waals surface area contributed by atoms with Crippen molar-refractivity contribution in [1.82, 2.24) is 29.1 Å². The molecular formula is C46H26N8. The van der Waals surface area contributed by atoms with E-state index in [2.05, 4.69) is 101 Å². The van der Waals surface area contributed by atoms with Gasteiger partial charge >= 0.3 is 0 Å². The summed E-state index contributed by atoms with van der Waals surface area (Å²) in [6.07, 6.45) is 6.98. The summed E-state index contributed by atoms with van der Waals surface area (Å²) in [4.78, 5) is 22.0.